The number of ether oxygens (including phenoxy) is 1. The van der Waals surface area contributed by atoms with Gasteiger partial charge in [-0.3, -0.25) is 0 Å². The Bertz CT molecular complexity index is 732. The van der Waals surface area contributed by atoms with Crippen LogP contribution >= 0.6 is 45.2 Å². The van der Waals surface area contributed by atoms with Crippen LogP contribution in [-0.4, -0.2) is 6.61 Å². The zero-order chi connectivity index (χ0) is 16.0. The molecule has 4 heteroatoms. The monoisotopic (exact) mass is 519 g/mol. The molecular formula is C18H19I2NO. The number of aryl methyl sites for hydroxylation is 1. The van der Waals surface area contributed by atoms with E-state index in [1.54, 1.807) is 0 Å². The van der Waals surface area contributed by atoms with E-state index in [-0.39, 0.29) is 0 Å². The molecule has 2 N–H and O–H groups in total. The van der Waals surface area contributed by atoms with Gasteiger partial charge in [-0.25, -0.2) is 0 Å². The van der Waals surface area contributed by atoms with E-state index < -0.39 is 0 Å². The van der Waals surface area contributed by atoms with Gasteiger partial charge in [0.2, 0.25) is 0 Å². The lowest BCUT2D eigenvalue weighted by atomic mass is 9.91. The van der Waals surface area contributed by atoms with Crippen LogP contribution in [0.25, 0.3) is 11.1 Å². The first-order valence-corrected chi connectivity index (χ1v) is 9.55. The van der Waals surface area contributed by atoms with Gasteiger partial charge in [0.1, 0.15) is 5.75 Å². The molecular weight excluding hydrogens is 500 g/mol. The van der Waals surface area contributed by atoms with Gasteiger partial charge in [-0.15, -0.1) is 0 Å². The minimum atomic E-state index is 0.591. The quantitative estimate of drug-likeness (QED) is 0.409. The van der Waals surface area contributed by atoms with Crippen molar-refractivity contribution in [3.05, 3.63) is 42.0 Å². The molecule has 0 aliphatic carbocycles. The van der Waals surface area contributed by atoms with E-state index in [0.717, 1.165) is 33.6 Å². The van der Waals surface area contributed by atoms with Crippen molar-refractivity contribution in [1.29, 1.82) is 0 Å². The van der Waals surface area contributed by atoms with E-state index >= 15 is 0 Å². The van der Waals surface area contributed by atoms with Gasteiger partial charge in [-0.1, -0.05) is 6.92 Å². The molecule has 1 aliphatic heterocycles. The Hall–Kier alpha value is -0.500. The van der Waals surface area contributed by atoms with Crippen LogP contribution in [0.4, 0.5) is 5.69 Å². The predicted molar refractivity (Wildman–Crippen MR) is 110 cm³/mol. The topological polar surface area (TPSA) is 35.2 Å². The lowest BCUT2D eigenvalue weighted by Crippen LogP contribution is -2.19. The maximum absolute atomic E-state index is 6.10. The average molecular weight is 519 g/mol. The number of nitrogens with two attached hydrogens (primary N) is 1. The second-order valence-corrected chi connectivity index (χ2v) is 8.48. The first-order valence-electron chi connectivity index (χ1n) is 7.39. The summed E-state index contributed by atoms with van der Waals surface area (Å²) in [6.07, 6.45) is 1.10. The Kier molecular flexibility index (Phi) is 4.60. The van der Waals surface area contributed by atoms with E-state index in [1.807, 2.05) is 0 Å². The van der Waals surface area contributed by atoms with Gasteiger partial charge in [-0.2, -0.15) is 0 Å². The molecule has 1 heterocycles. The molecule has 3 rings (SSSR count). The normalized spacial score (nSPS) is 17.0. The zero-order valence-corrected chi connectivity index (χ0v) is 17.3. The molecule has 0 fully saturated rings. The molecule has 0 saturated heterocycles. The van der Waals surface area contributed by atoms with Gasteiger partial charge < -0.3 is 10.5 Å². The fraction of sp³-hybridized carbons (Fsp3) is 0.333. The third kappa shape index (κ3) is 2.84. The van der Waals surface area contributed by atoms with Gasteiger partial charge in [-0.05, 0) is 106 Å². The summed E-state index contributed by atoms with van der Waals surface area (Å²) < 4.78 is 8.43. The lowest BCUT2D eigenvalue weighted by Gasteiger charge is -2.26. The number of benzene rings is 2. The van der Waals surface area contributed by atoms with E-state index in [4.69, 9.17) is 10.5 Å². The molecule has 22 heavy (non-hydrogen) atoms. The van der Waals surface area contributed by atoms with Gasteiger partial charge in [0.05, 0.1) is 6.61 Å². The highest BCUT2D eigenvalue weighted by Gasteiger charge is 2.22. The van der Waals surface area contributed by atoms with E-state index in [1.165, 1.54) is 25.8 Å². The number of fused-ring (bicyclic) bond motifs is 1. The Labute approximate surface area is 159 Å². The lowest BCUT2D eigenvalue weighted by molar-refractivity contribution is 0.232. The van der Waals surface area contributed by atoms with Crippen LogP contribution in [0.3, 0.4) is 0 Å². The fourth-order valence-corrected chi connectivity index (χ4v) is 4.94. The smallest absolute Gasteiger partial charge is 0.126 e. The van der Waals surface area contributed by atoms with Crippen molar-refractivity contribution >= 4 is 50.9 Å². The molecule has 0 radical (unpaired) electrons. The number of hydrogen-bond donors (Lipinski definition) is 1. The van der Waals surface area contributed by atoms with Crippen molar-refractivity contribution in [1.82, 2.24) is 0 Å². The molecule has 1 unspecified atom stereocenters. The third-order valence-corrected chi connectivity index (χ3v) is 6.00. The van der Waals surface area contributed by atoms with Gasteiger partial charge in [0, 0.05) is 24.0 Å². The van der Waals surface area contributed by atoms with Crippen molar-refractivity contribution in [2.24, 2.45) is 5.92 Å². The number of hydrogen-bond acceptors (Lipinski definition) is 2. The molecule has 116 valence electrons. The van der Waals surface area contributed by atoms with Crippen molar-refractivity contribution in [2.75, 3.05) is 12.3 Å². The SMILES string of the molecule is Cc1cc(-c2c(I)cc3c(c2C)OCC(C)C3)cc(I)c1N. The maximum atomic E-state index is 6.10. The predicted octanol–water partition coefficient (Wildman–Crippen LogP) is 5.33. The zero-order valence-electron chi connectivity index (χ0n) is 13.0. The summed E-state index contributed by atoms with van der Waals surface area (Å²) in [5.74, 6) is 1.67. The third-order valence-electron chi connectivity index (χ3n) is 4.25. The molecule has 0 amide bonds. The number of halogens is 2. The van der Waals surface area contributed by atoms with Crippen LogP contribution in [-0.2, 0) is 6.42 Å². The molecule has 0 spiro atoms. The number of nitrogen functional groups attached to an aromatic ring is 1. The van der Waals surface area contributed by atoms with Gasteiger partial charge >= 0.3 is 0 Å². The number of anilines is 1. The standard InChI is InChI=1S/C18H19I2NO/c1-9-4-13-7-14(19)16(11(3)18(13)22-8-9)12-5-10(2)17(21)15(20)6-12/h5-7,9H,4,8,21H2,1-3H3. The molecule has 2 nitrogen and oxygen atoms in total. The van der Waals surface area contributed by atoms with Crippen LogP contribution < -0.4 is 10.5 Å². The van der Waals surface area contributed by atoms with E-state index in [9.17, 15) is 0 Å². The molecule has 0 saturated carbocycles. The summed E-state index contributed by atoms with van der Waals surface area (Å²) in [5.41, 5.74) is 13.2. The summed E-state index contributed by atoms with van der Waals surface area (Å²) in [6.45, 7) is 7.29. The minimum Gasteiger partial charge on any atom is -0.493 e. The first kappa shape index (κ1) is 16.4. The molecule has 0 aromatic heterocycles. The molecule has 1 aliphatic rings. The molecule has 2 aromatic carbocycles. The van der Waals surface area contributed by atoms with E-state index in [2.05, 4.69) is 84.2 Å². The van der Waals surface area contributed by atoms with Crippen molar-refractivity contribution < 1.29 is 4.74 Å². The Balaban J connectivity index is 2.20. The largest absolute Gasteiger partial charge is 0.493 e. The van der Waals surface area contributed by atoms with Crippen molar-refractivity contribution in [3.8, 4) is 16.9 Å². The minimum absolute atomic E-state index is 0.591. The van der Waals surface area contributed by atoms with Gasteiger partial charge in [0.15, 0.2) is 0 Å². The second kappa shape index (κ2) is 6.19. The number of rotatable bonds is 1. The molecule has 1 atom stereocenters. The van der Waals surface area contributed by atoms with Crippen molar-refractivity contribution in [2.45, 2.75) is 27.2 Å². The summed E-state index contributed by atoms with van der Waals surface area (Å²) in [7, 11) is 0. The maximum Gasteiger partial charge on any atom is 0.126 e. The summed E-state index contributed by atoms with van der Waals surface area (Å²) in [6, 6.07) is 6.64. The highest BCUT2D eigenvalue weighted by molar-refractivity contribution is 14.1. The fourth-order valence-electron chi connectivity index (χ4n) is 3.09. The Morgan fingerprint density at radius 3 is 2.55 bits per heavy atom. The van der Waals surface area contributed by atoms with E-state index in [0.29, 0.717) is 5.92 Å². The van der Waals surface area contributed by atoms with Crippen LogP contribution in [0, 0.1) is 26.9 Å². The Morgan fingerprint density at radius 1 is 1.14 bits per heavy atom. The van der Waals surface area contributed by atoms with Crippen LogP contribution in [0.2, 0.25) is 0 Å². The van der Waals surface area contributed by atoms with Crippen LogP contribution in [0.15, 0.2) is 18.2 Å². The highest BCUT2D eigenvalue weighted by atomic mass is 127. The van der Waals surface area contributed by atoms with Crippen LogP contribution in [0.5, 0.6) is 5.75 Å². The molecule has 0 bridgehead atoms. The summed E-state index contributed by atoms with van der Waals surface area (Å²) in [5, 5.41) is 0. The summed E-state index contributed by atoms with van der Waals surface area (Å²) >= 11 is 4.76. The summed E-state index contributed by atoms with van der Waals surface area (Å²) in [4.78, 5) is 0. The second-order valence-electron chi connectivity index (χ2n) is 6.16. The van der Waals surface area contributed by atoms with Gasteiger partial charge in [0.25, 0.3) is 0 Å². The van der Waals surface area contributed by atoms with Crippen molar-refractivity contribution in [3.63, 3.8) is 0 Å². The first-order chi connectivity index (χ1) is 10.4. The highest BCUT2D eigenvalue weighted by Crippen LogP contribution is 2.41. The Morgan fingerprint density at radius 2 is 1.86 bits per heavy atom. The average Bonchev–Trinajstić information content (AvgIpc) is 2.44. The van der Waals surface area contributed by atoms with Crippen LogP contribution in [0.1, 0.15) is 23.6 Å². The molecule has 2 aromatic rings.